The Kier molecular flexibility index (Phi) is 46.2. The largest absolute Gasteiger partial charge is 0.454 e. The van der Waals surface area contributed by atoms with E-state index in [1.54, 1.807) is 6.08 Å². The Bertz CT molecular complexity index is 1510. The van der Waals surface area contributed by atoms with E-state index in [0.717, 1.165) is 96.3 Å². The Balaban J connectivity index is 2.77. The van der Waals surface area contributed by atoms with Crippen LogP contribution in [0.2, 0.25) is 0 Å². The van der Waals surface area contributed by atoms with Gasteiger partial charge in [-0.2, -0.15) is 0 Å². The summed E-state index contributed by atoms with van der Waals surface area (Å²) in [5, 5.41) is 56.8. The predicted molar refractivity (Wildman–Crippen MR) is 301 cm³/mol. The molecule has 0 saturated carbocycles. The molecule has 0 aromatic heterocycles. The molecule has 73 heavy (non-hydrogen) atoms. The number of hydrogen-bond donors (Lipinski definition) is 6. The van der Waals surface area contributed by atoms with E-state index in [9.17, 15) is 35.1 Å². The van der Waals surface area contributed by atoms with E-state index in [0.29, 0.717) is 12.8 Å². The molecule has 0 aliphatic carbocycles. The number of nitrogens with one attached hydrogen (secondary N) is 1. The van der Waals surface area contributed by atoms with Gasteiger partial charge in [-0.15, -0.1) is 0 Å². The normalized spacial score (nSPS) is 20.0. The van der Waals surface area contributed by atoms with Gasteiger partial charge in [0.05, 0.1) is 25.4 Å². The molecule has 1 heterocycles. The minimum atomic E-state index is -1.63. The van der Waals surface area contributed by atoms with Gasteiger partial charge in [-0.3, -0.25) is 9.59 Å². The van der Waals surface area contributed by atoms with Crippen LogP contribution in [0.1, 0.15) is 233 Å². The van der Waals surface area contributed by atoms with Crippen molar-refractivity contribution in [3.8, 4) is 0 Å². The maximum absolute atomic E-state index is 13.4. The fourth-order valence-electron chi connectivity index (χ4n) is 8.61. The smallest absolute Gasteiger partial charge is 0.306 e. The number of ether oxygens (including phenoxy) is 3. The molecule has 1 saturated heterocycles. The summed E-state index contributed by atoms with van der Waals surface area (Å²) in [6.07, 6.45) is 53.4. The van der Waals surface area contributed by atoms with Gasteiger partial charge in [0.15, 0.2) is 12.4 Å². The number of unbranched alkanes of at least 4 members (excludes halogenated alkanes) is 22. The van der Waals surface area contributed by atoms with Gasteiger partial charge in [0.1, 0.15) is 24.4 Å². The summed E-state index contributed by atoms with van der Waals surface area (Å²) in [6.45, 7) is 5.62. The topological polar surface area (TPSA) is 175 Å². The van der Waals surface area contributed by atoms with E-state index in [-0.39, 0.29) is 19.4 Å². The quantitative estimate of drug-likeness (QED) is 0.0195. The van der Waals surface area contributed by atoms with Crippen molar-refractivity contribution in [1.29, 1.82) is 0 Å². The molecule has 0 radical (unpaired) electrons. The zero-order valence-electron chi connectivity index (χ0n) is 46.2. The molecule has 0 aromatic carbocycles. The van der Waals surface area contributed by atoms with Crippen LogP contribution in [0.5, 0.6) is 0 Å². The third-order valence-corrected chi connectivity index (χ3v) is 13.3. The minimum Gasteiger partial charge on any atom is -0.454 e. The van der Waals surface area contributed by atoms with Gasteiger partial charge in [0, 0.05) is 6.42 Å². The molecule has 11 heteroatoms. The third-order valence-electron chi connectivity index (χ3n) is 13.3. The summed E-state index contributed by atoms with van der Waals surface area (Å²) in [5.41, 5.74) is 0. The number of allylic oxidation sites excluding steroid dienone is 13. The van der Waals surface area contributed by atoms with Crippen LogP contribution in [-0.2, 0) is 23.8 Å². The third kappa shape index (κ3) is 38.1. The number of rotatable bonds is 48. The van der Waals surface area contributed by atoms with Crippen molar-refractivity contribution in [3.05, 3.63) is 85.1 Å². The number of hydrogen-bond acceptors (Lipinski definition) is 10. The number of carbonyl (C=O) groups is 2. The molecule has 1 amide bonds. The van der Waals surface area contributed by atoms with Crippen molar-refractivity contribution in [2.75, 3.05) is 13.2 Å². The molecule has 6 N–H and O–H groups in total. The second-order valence-electron chi connectivity index (χ2n) is 20.0. The summed E-state index contributed by atoms with van der Waals surface area (Å²) in [5.74, 6) is -1.25. The molecule has 0 bridgehead atoms. The van der Waals surface area contributed by atoms with E-state index < -0.39 is 67.4 Å². The Labute approximate surface area is 444 Å². The lowest BCUT2D eigenvalue weighted by atomic mass is 9.99. The maximum Gasteiger partial charge on any atom is 0.306 e. The fraction of sp³-hybridized carbons (Fsp3) is 0.742. The van der Waals surface area contributed by atoms with Crippen molar-refractivity contribution in [3.63, 3.8) is 0 Å². The zero-order chi connectivity index (χ0) is 53.3. The summed E-state index contributed by atoms with van der Waals surface area (Å²) in [4.78, 5) is 26.5. The van der Waals surface area contributed by atoms with Crippen molar-refractivity contribution in [2.45, 2.75) is 282 Å². The molecule has 1 aliphatic heterocycles. The first-order chi connectivity index (χ1) is 35.7. The number of esters is 1. The molecular weight excluding hydrogens is 919 g/mol. The number of aliphatic hydroxyl groups is 5. The van der Waals surface area contributed by atoms with Crippen molar-refractivity contribution < 1.29 is 49.3 Å². The highest BCUT2D eigenvalue weighted by molar-refractivity contribution is 5.80. The van der Waals surface area contributed by atoms with E-state index in [1.807, 2.05) is 6.08 Å². The van der Waals surface area contributed by atoms with Gasteiger partial charge >= 0.3 is 5.97 Å². The first-order valence-corrected chi connectivity index (χ1v) is 29.4. The SMILES string of the molecule is CC/C=C\C/C=C\C/C=C\C/C=C\C/C=C\CCCCC(O)C(=O)NC(COC1OC(CO)C(O)C(O)C1OC(=O)CCCCC/C=C\CCCCCCCCC)C(O)/C=C/CCCCCCCCCCCC. The molecule has 0 aromatic rings. The summed E-state index contributed by atoms with van der Waals surface area (Å²) < 4.78 is 17.5. The van der Waals surface area contributed by atoms with Crippen LogP contribution in [0.4, 0.5) is 0 Å². The molecule has 8 atom stereocenters. The minimum absolute atomic E-state index is 0.0959. The van der Waals surface area contributed by atoms with Crippen LogP contribution in [0, 0.1) is 0 Å². The zero-order valence-corrected chi connectivity index (χ0v) is 46.2. The maximum atomic E-state index is 13.4. The van der Waals surface area contributed by atoms with E-state index in [1.165, 1.54) is 89.9 Å². The van der Waals surface area contributed by atoms with Crippen LogP contribution in [-0.4, -0.2) is 99.6 Å². The molecule has 1 aliphatic rings. The molecule has 420 valence electrons. The molecule has 8 unspecified atom stereocenters. The second-order valence-corrected chi connectivity index (χ2v) is 20.0. The average molecular weight is 1030 g/mol. The molecule has 11 nitrogen and oxygen atoms in total. The van der Waals surface area contributed by atoms with Crippen molar-refractivity contribution in [1.82, 2.24) is 5.32 Å². The van der Waals surface area contributed by atoms with E-state index in [4.69, 9.17) is 14.2 Å². The molecule has 1 fully saturated rings. The Morgan fingerprint density at radius 2 is 0.986 bits per heavy atom. The first-order valence-electron chi connectivity index (χ1n) is 29.4. The Morgan fingerprint density at radius 3 is 1.49 bits per heavy atom. The summed E-state index contributed by atoms with van der Waals surface area (Å²) >= 11 is 0. The van der Waals surface area contributed by atoms with Gasteiger partial charge in [-0.1, -0.05) is 215 Å². The number of amides is 1. The highest BCUT2D eigenvalue weighted by atomic mass is 16.7. The van der Waals surface area contributed by atoms with Gasteiger partial charge in [-0.25, -0.2) is 0 Å². The fourth-order valence-corrected chi connectivity index (χ4v) is 8.61. The van der Waals surface area contributed by atoms with Crippen LogP contribution >= 0.6 is 0 Å². The lowest BCUT2D eigenvalue weighted by molar-refractivity contribution is -0.305. The van der Waals surface area contributed by atoms with Gasteiger partial charge < -0.3 is 45.1 Å². The van der Waals surface area contributed by atoms with Crippen molar-refractivity contribution >= 4 is 11.9 Å². The Hall–Kier alpha value is -3.16. The van der Waals surface area contributed by atoms with Gasteiger partial charge in [0.25, 0.3) is 0 Å². The molecular formula is C62H107NO10. The Morgan fingerprint density at radius 1 is 0.548 bits per heavy atom. The van der Waals surface area contributed by atoms with E-state index >= 15 is 0 Å². The first kappa shape index (κ1) is 67.9. The predicted octanol–water partition coefficient (Wildman–Crippen LogP) is 13.4. The van der Waals surface area contributed by atoms with E-state index in [2.05, 4.69) is 99.0 Å². The van der Waals surface area contributed by atoms with Crippen LogP contribution in [0.15, 0.2) is 85.1 Å². The number of aliphatic hydroxyl groups excluding tert-OH is 5. The lowest BCUT2D eigenvalue weighted by Crippen LogP contribution is -2.61. The lowest BCUT2D eigenvalue weighted by Gasteiger charge is -2.41. The van der Waals surface area contributed by atoms with Crippen molar-refractivity contribution in [2.24, 2.45) is 0 Å². The second kappa shape index (κ2) is 49.7. The molecule has 1 rings (SSSR count). The highest BCUT2D eigenvalue weighted by Crippen LogP contribution is 2.26. The van der Waals surface area contributed by atoms with Gasteiger partial charge in [0.2, 0.25) is 5.91 Å². The molecule has 0 spiro atoms. The monoisotopic (exact) mass is 1030 g/mol. The average Bonchev–Trinajstić information content (AvgIpc) is 3.39. The van der Waals surface area contributed by atoms with Crippen LogP contribution < -0.4 is 5.32 Å². The summed E-state index contributed by atoms with van der Waals surface area (Å²) in [6, 6.07) is -1.05. The highest BCUT2D eigenvalue weighted by Gasteiger charge is 2.47. The van der Waals surface area contributed by atoms with Crippen LogP contribution in [0.3, 0.4) is 0 Å². The summed E-state index contributed by atoms with van der Waals surface area (Å²) in [7, 11) is 0. The standard InChI is InChI=1S/C62H107NO10/c1-4-7-10-13-16-19-22-25-27-28-29-30-31-34-37-40-43-46-49-55(66)61(70)63-53(54(65)48-45-42-39-36-33-24-21-18-15-12-9-6-3)52-71-62-60(59(69)58(68)56(51-64)72-62)73-57(67)50-47-44-41-38-35-32-26-23-20-17-14-11-8-5-2/h7,10,16,19,25,27,29-30,32,34-35,37,45,48,53-56,58-60,62,64-66,68-69H,4-6,8-9,11-15,17-18,20-24,26,28,31,33,36,38-44,46-47,49-52H2,1-3H3,(H,63,70)/b10-7-,19-16-,27-25-,30-29-,35-32-,37-34-,48-45+. The number of carbonyl (C=O) groups excluding carboxylic acids is 2. The van der Waals surface area contributed by atoms with Crippen LogP contribution in [0.25, 0.3) is 0 Å². The van der Waals surface area contributed by atoms with Gasteiger partial charge in [-0.05, 0) is 96.3 Å².